The van der Waals surface area contributed by atoms with Crippen molar-refractivity contribution in [1.82, 2.24) is 0 Å². The van der Waals surface area contributed by atoms with Crippen molar-refractivity contribution < 1.29 is 14.7 Å². The van der Waals surface area contributed by atoms with Crippen LogP contribution in [0.1, 0.15) is 0 Å². The summed E-state index contributed by atoms with van der Waals surface area (Å²) in [7, 11) is 0. The molecule has 0 radical (unpaired) electrons. The summed E-state index contributed by atoms with van der Waals surface area (Å²) in [5, 5.41) is 10.2. The van der Waals surface area contributed by atoms with Crippen LogP contribution in [0.2, 0.25) is 0 Å². The van der Waals surface area contributed by atoms with Crippen LogP contribution in [0.15, 0.2) is 24.3 Å². The Labute approximate surface area is 78.1 Å². The van der Waals surface area contributed by atoms with E-state index in [0.717, 1.165) is 24.3 Å². The van der Waals surface area contributed by atoms with Gasteiger partial charge in [0.2, 0.25) is 0 Å². The van der Waals surface area contributed by atoms with Gasteiger partial charge in [-0.15, -0.1) is 0 Å². The van der Waals surface area contributed by atoms with E-state index in [0.29, 0.717) is 0 Å². The maximum absolute atomic E-state index is 10.7. The molecule has 2 N–H and O–H groups in total. The zero-order valence-electron chi connectivity index (χ0n) is 6.32. The normalized spacial score (nSPS) is 11.2. The first kappa shape index (κ1) is 10.2. The molecule has 70 valence electrons. The maximum atomic E-state index is 10.7. The van der Waals surface area contributed by atoms with Gasteiger partial charge in [0, 0.05) is 0 Å². The molecule has 0 heterocycles. The van der Waals surface area contributed by atoms with Crippen LogP contribution in [-0.4, -0.2) is 31.3 Å². The molecule has 0 fully saturated rings. The molecule has 7 heteroatoms. The number of rotatable bonds is 2. The van der Waals surface area contributed by atoms with Crippen molar-refractivity contribution in [2.45, 2.75) is 0 Å². The number of benzene rings is 1. The summed E-state index contributed by atoms with van der Waals surface area (Å²) in [6.07, 6.45) is 0. The van der Waals surface area contributed by atoms with Crippen LogP contribution in [0.4, 0.5) is 5.69 Å². The van der Waals surface area contributed by atoms with E-state index in [2.05, 4.69) is 0 Å². The molecule has 0 saturated heterocycles. The van der Waals surface area contributed by atoms with Crippen LogP contribution >= 0.6 is 0 Å². The first-order valence-corrected chi connectivity index (χ1v) is 7.82. The van der Waals surface area contributed by atoms with Crippen LogP contribution in [0.5, 0.6) is 0 Å². The van der Waals surface area contributed by atoms with Crippen LogP contribution in [-0.2, 0) is 3.02 Å². The van der Waals surface area contributed by atoms with Crippen LogP contribution in [0.25, 0.3) is 0 Å². The van der Waals surface area contributed by atoms with E-state index in [1.54, 1.807) is 0 Å². The van der Waals surface area contributed by atoms with E-state index in [4.69, 9.17) is 6.77 Å². The second-order valence-corrected chi connectivity index (χ2v) is 6.90. The summed E-state index contributed by atoms with van der Waals surface area (Å²) in [4.78, 5) is 9.56. The summed E-state index contributed by atoms with van der Waals surface area (Å²) >= 11 is -5.16. The van der Waals surface area contributed by atoms with Crippen molar-refractivity contribution in [3.63, 3.8) is 0 Å². The molecule has 1 aromatic carbocycles. The van der Waals surface area contributed by atoms with E-state index in [1.807, 2.05) is 0 Å². The Hall–Kier alpha value is -0.842. The van der Waals surface area contributed by atoms with Crippen molar-refractivity contribution >= 4 is 28.8 Å². The van der Waals surface area contributed by atoms with E-state index < -0.39 is 24.6 Å². The first-order chi connectivity index (χ1) is 5.91. The number of nitro benzene ring substituents is 1. The van der Waals surface area contributed by atoms with Gasteiger partial charge in [0.25, 0.3) is 0 Å². The molecule has 0 amide bonds. The first-order valence-electron chi connectivity index (χ1n) is 3.22. The second kappa shape index (κ2) is 3.49. The summed E-state index contributed by atoms with van der Waals surface area (Å²) in [5.74, 6) is 0. The molecule has 0 saturated carbocycles. The van der Waals surface area contributed by atoms with E-state index in [1.165, 1.54) is 0 Å². The summed E-state index contributed by atoms with van der Waals surface area (Å²) < 4.78 is 28.1. The number of hydrogen-bond donors (Lipinski definition) is 2. The van der Waals surface area contributed by atoms with Gasteiger partial charge in [-0.2, -0.15) is 0 Å². The SMILES string of the molecule is O=[N+]([O-])c1cc[c]([Sb](=[O])([OH])[OH])cc1. The molecule has 0 atom stereocenters. The Morgan fingerprint density at radius 3 is 2.00 bits per heavy atom. The Kier molecular flexibility index (Phi) is 2.75. The van der Waals surface area contributed by atoms with Crippen molar-refractivity contribution in [3.8, 4) is 0 Å². The van der Waals surface area contributed by atoms with Crippen LogP contribution < -0.4 is 3.51 Å². The number of hydrogen-bond acceptors (Lipinski definition) is 3. The Morgan fingerprint density at radius 1 is 1.23 bits per heavy atom. The molecule has 0 aliphatic rings. The summed E-state index contributed by atoms with van der Waals surface area (Å²) in [6, 6.07) is 4.30. The molecule has 1 rings (SSSR count). The standard InChI is InChI=1S/C6H4NO2.2H2O.O.Sb/c8-7(9)6-4-2-1-3-5-6;;;;/h2-5H;2*1H2;;/q;;;;+2/p-2. The molecule has 13 heavy (non-hydrogen) atoms. The average molecular weight is 294 g/mol. The van der Waals surface area contributed by atoms with Gasteiger partial charge < -0.3 is 0 Å². The Bertz CT molecular complexity index is 367. The minimum atomic E-state index is -5.16. The summed E-state index contributed by atoms with van der Waals surface area (Å²) in [5.41, 5.74) is -0.183. The van der Waals surface area contributed by atoms with Gasteiger partial charge in [-0.3, -0.25) is 0 Å². The number of nitrogens with zero attached hydrogens (tertiary/aromatic N) is 1. The molecule has 0 spiro atoms. The molecule has 0 aliphatic carbocycles. The Morgan fingerprint density at radius 2 is 1.69 bits per heavy atom. The van der Waals surface area contributed by atoms with Gasteiger partial charge in [-0.1, -0.05) is 0 Å². The van der Waals surface area contributed by atoms with Gasteiger partial charge in [-0.05, 0) is 0 Å². The number of non-ortho nitro benzene ring substituents is 1. The van der Waals surface area contributed by atoms with E-state index in [-0.39, 0.29) is 9.20 Å². The fourth-order valence-corrected chi connectivity index (χ4v) is 2.30. The zero-order valence-corrected chi connectivity index (χ0v) is 8.88. The minimum absolute atomic E-state index is 0.135. The second-order valence-electron chi connectivity index (χ2n) is 2.32. The van der Waals surface area contributed by atoms with Crippen molar-refractivity contribution in [3.05, 3.63) is 34.4 Å². The van der Waals surface area contributed by atoms with Gasteiger partial charge in [0.05, 0.1) is 0 Å². The third-order valence-corrected chi connectivity index (χ3v) is 4.17. The zero-order chi connectivity index (χ0) is 10.1. The predicted octanol–water partition coefficient (Wildman–Crippen LogP) is -0.844. The fourth-order valence-electron chi connectivity index (χ4n) is 0.769. The van der Waals surface area contributed by atoms with Crippen LogP contribution in [0.3, 0.4) is 0 Å². The third kappa shape index (κ3) is 2.55. The van der Waals surface area contributed by atoms with Crippen LogP contribution in [0, 0.1) is 10.1 Å². The van der Waals surface area contributed by atoms with Gasteiger partial charge in [0.1, 0.15) is 0 Å². The van der Waals surface area contributed by atoms with E-state index >= 15 is 0 Å². The predicted molar refractivity (Wildman–Crippen MR) is 43.6 cm³/mol. The van der Waals surface area contributed by atoms with Gasteiger partial charge in [-0.25, -0.2) is 0 Å². The van der Waals surface area contributed by atoms with Crippen molar-refractivity contribution in [1.29, 1.82) is 0 Å². The molecule has 6 nitrogen and oxygen atoms in total. The molecule has 0 aliphatic heterocycles. The van der Waals surface area contributed by atoms with E-state index in [9.17, 15) is 13.1 Å². The average Bonchev–Trinajstić information content (AvgIpc) is 2.03. The van der Waals surface area contributed by atoms with Crippen molar-refractivity contribution in [2.75, 3.05) is 0 Å². The van der Waals surface area contributed by atoms with Crippen molar-refractivity contribution in [2.24, 2.45) is 0 Å². The topological polar surface area (TPSA) is 101 Å². The molecule has 0 aromatic heterocycles. The molecular formula is C6H6NO5Sb. The summed E-state index contributed by atoms with van der Waals surface area (Å²) in [6.45, 7) is 0. The Balaban J connectivity index is 3.08. The van der Waals surface area contributed by atoms with Gasteiger partial charge >= 0.3 is 77.9 Å². The molecule has 0 unspecified atom stereocenters. The quantitative estimate of drug-likeness (QED) is 0.420. The monoisotopic (exact) mass is 293 g/mol. The molecular weight excluding hydrogens is 288 g/mol. The molecule has 1 aromatic rings. The van der Waals surface area contributed by atoms with Gasteiger partial charge in [0.15, 0.2) is 0 Å². The molecule has 0 bridgehead atoms. The fraction of sp³-hybridized carbons (Fsp3) is 0. The third-order valence-electron chi connectivity index (χ3n) is 1.40. The number of nitro groups is 1.